The fraction of sp³-hybridized carbons (Fsp3) is 0.105. The van der Waals surface area contributed by atoms with Crippen LogP contribution in [0.15, 0.2) is 65.1 Å². The van der Waals surface area contributed by atoms with E-state index in [9.17, 15) is 4.39 Å². The molecule has 0 saturated carbocycles. The third-order valence-electron chi connectivity index (χ3n) is 3.86. The molecule has 2 aromatic carbocycles. The molecule has 130 valence electrons. The Kier molecular flexibility index (Phi) is 4.81. The molecule has 0 radical (unpaired) electrons. The second-order valence-electron chi connectivity index (χ2n) is 5.67. The van der Waals surface area contributed by atoms with Crippen molar-refractivity contribution in [2.75, 3.05) is 0 Å². The van der Waals surface area contributed by atoms with Crippen molar-refractivity contribution in [3.63, 3.8) is 0 Å². The van der Waals surface area contributed by atoms with Crippen LogP contribution < -0.4 is 0 Å². The highest BCUT2D eigenvalue weighted by atomic mass is 32.2. The quantitative estimate of drug-likeness (QED) is 0.454. The van der Waals surface area contributed by atoms with Crippen molar-refractivity contribution in [1.29, 1.82) is 0 Å². The summed E-state index contributed by atoms with van der Waals surface area (Å²) in [5.41, 5.74) is 2.99. The summed E-state index contributed by atoms with van der Waals surface area (Å²) in [6.07, 6.45) is 0. The van der Waals surface area contributed by atoms with E-state index >= 15 is 0 Å². The van der Waals surface area contributed by atoms with Crippen molar-refractivity contribution in [2.45, 2.75) is 10.9 Å². The van der Waals surface area contributed by atoms with Gasteiger partial charge in [0, 0.05) is 29.3 Å². The van der Waals surface area contributed by atoms with Crippen LogP contribution in [0.3, 0.4) is 0 Å². The van der Waals surface area contributed by atoms with Gasteiger partial charge in [-0.15, -0.1) is 21.5 Å². The fourth-order valence-electron chi connectivity index (χ4n) is 2.52. The van der Waals surface area contributed by atoms with Crippen molar-refractivity contribution in [3.8, 4) is 22.0 Å². The average molecular weight is 382 g/mol. The molecule has 4 aromatic rings. The van der Waals surface area contributed by atoms with Gasteiger partial charge < -0.3 is 4.57 Å². The fourth-order valence-corrected chi connectivity index (χ4v) is 4.25. The summed E-state index contributed by atoms with van der Waals surface area (Å²) in [4.78, 5) is 4.70. The van der Waals surface area contributed by atoms with E-state index in [1.54, 1.807) is 35.2 Å². The smallest absolute Gasteiger partial charge is 0.191 e. The van der Waals surface area contributed by atoms with E-state index in [0.29, 0.717) is 0 Å². The molecular weight excluding hydrogens is 367 g/mol. The number of aromatic nitrogens is 4. The van der Waals surface area contributed by atoms with Gasteiger partial charge in [-0.25, -0.2) is 9.37 Å². The summed E-state index contributed by atoms with van der Waals surface area (Å²) < 4.78 is 15.0. The van der Waals surface area contributed by atoms with Crippen LogP contribution in [0.2, 0.25) is 0 Å². The Bertz CT molecular complexity index is 1010. The van der Waals surface area contributed by atoms with E-state index in [2.05, 4.69) is 27.7 Å². The van der Waals surface area contributed by atoms with Crippen LogP contribution in [0.4, 0.5) is 4.39 Å². The lowest BCUT2D eigenvalue weighted by Gasteiger charge is -2.03. The highest BCUT2D eigenvalue weighted by Crippen LogP contribution is 2.28. The molecule has 0 spiro atoms. The summed E-state index contributed by atoms with van der Waals surface area (Å²) in [7, 11) is 1.91. The number of rotatable bonds is 5. The van der Waals surface area contributed by atoms with Crippen molar-refractivity contribution < 1.29 is 4.39 Å². The van der Waals surface area contributed by atoms with Gasteiger partial charge in [-0.1, -0.05) is 42.1 Å². The van der Waals surface area contributed by atoms with Crippen molar-refractivity contribution in [2.24, 2.45) is 7.05 Å². The Labute approximate surface area is 158 Å². The summed E-state index contributed by atoms with van der Waals surface area (Å²) in [6, 6.07) is 16.4. The maximum Gasteiger partial charge on any atom is 0.191 e. The molecule has 0 saturated heterocycles. The lowest BCUT2D eigenvalue weighted by Crippen LogP contribution is -1.95. The molecule has 4 nitrogen and oxygen atoms in total. The third kappa shape index (κ3) is 3.54. The van der Waals surface area contributed by atoms with E-state index in [1.807, 2.05) is 29.8 Å². The molecule has 2 aromatic heterocycles. The molecule has 2 heterocycles. The Hall–Kier alpha value is -2.51. The zero-order valence-corrected chi connectivity index (χ0v) is 15.6. The first-order valence-corrected chi connectivity index (χ1v) is 9.85. The number of halogens is 1. The molecule has 0 aliphatic heterocycles. The lowest BCUT2D eigenvalue weighted by atomic mass is 10.2. The molecular formula is C19H15FN4S2. The molecule has 0 aliphatic rings. The number of hydrogen-bond acceptors (Lipinski definition) is 5. The number of thioether (sulfide) groups is 1. The van der Waals surface area contributed by atoms with E-state index < -0.39 is 0 Å². The molecule has 0 bridgehead atoms. The topological polar surface area (TPSA) is 43.6 Å². The largest absolute Gasteiger partial charge is 0.305 e. The molecule has 0 atom stereocenters. The van der Waals surface area contributed by atoms with Gasteiger partial charge in [-0.3, -0.25) is 0 Å². The Balaban J connectivity index is 1.47. The highest BCUT2D eigenvalue weighted by Gasteiger charge is 2.12. The van der Waals surface area contributed by atoms with Crippen molar-refractivity contribution in [1.82, 2.24) is 19.7 Å². The van der Waals surface area contributed by atoms with Gasteiger partial charge in [0.05, 0.1) is 5.69 Å². The number of benzene rings is 2. The summed E-state index contributed by atoms with van der Waals surface area (Å²) in [6.45, 7) is 0. The third-order valence-corrected chi connectivity index (χ3v) is 5.85. The summed E-state index contributed by atoms with van der Waals surface area (Å²) in [5, 5.41) is 12.4. The van der Waals surface area contributed by atoms with Crippen LogP contribution in [0.1, 0.15) is 5.69 Å². The number of nitrogens with zero attached hydrogens (tertiary/aromatic N) is 4. The first-order chi connectivity index (χ1) is 12.7. The van der Waals surface area contributed by atoms with Crippen LogP contribution >= 0.6 is 23.1 Å². The molecule has 0 unspecified atom stereocenters. The first-order valence-electron chi connectivity index (χ1n) is 7.98. The van der Waals surface area contributed by atoms with Gasteiger partial charge >= 0.3 is 0 Å². The summed E-state index contributed by atoms with van der Waals surface area (Å²) in [5.74, 6) is 1.18. The maximum atomic E-state index is 13.1. The van der Waals surface area contributed by atoms with E-state index in [-0.39, 0.29) is 5.82 Å². The first kappa shape index (κ1) is 16.9. The van der Waals surface area contributed by atoms with Gasteiger partial charge in [-0.05, 0) is 24.3 Å². The minimum Gasteiger partial charge on any atom is -0.305 e. The predicted octanol–water partition coefficient (Wildman–Crippen LogP) is 5.04. The van der Waals surface area contributed by atoms with Crippen LogP contribution in [0, 0.1) is 5.82 Å². The van der Waals surface area contributed by atoms with Gasteiger partial charge in [-0.2, -0.15) is 0 Å². The summed E-state index contributed by atoms with van der Waals surface area (Å²) >= 11 is 3.23. The Morgan fingerprint density at radius 2 is 1.77 bits per heavy atom. The van der Waals surface area contributed by atoms with Crippen LogP contribution in [0.5, 0.6) is 0 Å². The maximum absolute atomic E-state index is 13.1. The van der Waals surface area contributed by atoms with E-state index in [0.717, 1.165) is 38.6 Å². The molecule has 0 aliphatic carbocycles. The minimum absolute atomic E-state index is 0.261. The average Bonchev–Trinajstić information content (AvgIpc) is 3.29. The molecule has 7 heteroatoms. The van der Waals surface area contributed by atoms with Crippen LogP contribution in [-0.2, 0) is 12.8 Å². The molecule has 0 amide bonds. The van der Waals surface area contributed by atoms with Gasteiger partial charge in [0.1, 0.15) is 10.8 Å². The standard InChI is InChI=1S/C19H15FN4S2/c1-24-17(13-7-9-15(20)10-8-13)22-23-19(24)26-12-16-11-25-18(21-16)14-5-3-2-4-6-14/h2-11H,12H2,1H3. The Morgan fingerprint density at radius 3 is 2.54 bits per heavy atom. The minimum atomic E-state index is -0.261. The molecule has 26 heavy (non-hydrogen) atoms. The van der Waals surface area contributed by atoms with E-state index in [4.69, 9.17) is 4.98 Å². The second kappa shape index (κ2) is 7.39. The van der Waals surface area contributed by atoms with Gasteiger partial charge in [0.15, 0.2) is 11.0 Å². The molecule has 0 fully saturated rings. The van der Waals surface area contributed by atoms with Crippen molar-refractivity contribution in [3.05, 3.63) is 71.5 Å². The van der Waals surface area contributed by atoms with Crippen molar-refractivity contribution >= 4 is 23.1 Å². The molecule has 0 N–H and O–H groups in total. The zero-order chi connectivity index (χ0) is 17.9. The van der Waals surface area contributed by atoms with Crippen LogP contribution in [0.25, 0.3) is 22.0 Å². The second-order valence-corrected chi connectivity index (χ2v) is 7.47. The highest BCUT2D eigenvalue weighted by molar-refractivity contribution is 7.98. The normalized spacial score (nSPS) is 11.0. The number of thiazole rings is 1. The van der Waals surface area contributed by atoms with Gasteiger partial charge in [0.25, 0.3) is 0 Å². The Morgan fingerprint density at radius 1 is 1.00 bits per heavy atom. The van der Waals surface area contributed by atoms with Crippen LogP contribution in [-0.4, -0.2) is 19.7 Å². The number of hydrogen-bond donors (Lipinski definition) is 0. The van der Waals surface area contributed by atoms with Gasteiger partial charge in [0.2, 0.25) is 0 Å². The molecule has 4 rings (SSSR count). The predicted molar refractivity (Wildman–Crippen MR) is 104 cm³/mol. The SMILES string of the molecule is Cn1c(SCc2csc(-c3ccccc3)n2)nnc1-c1ccc(F)cc1. The monoisotopic (exact) mass is 382 g/mol. The van der Waals surface area contributed by atoms with E-state index in [1.165, 1.54) is 12.1 Å². The zero-order valence-electron chi connectivity index (χ0n) is 14.0. The lowest BCUT2D eigenvalue weighted by molar-refractivity contribution is 0.628.